The van der Waals surface area contributed by atoms with Crippen molar-refractivity contribution in [2.45, 2.75) is 38.7 Å². The van der Waals surface area contributed by atoms with Crippen LogP contribution in [0, 0.1) is 5.92 Å². The summed E-state index contributed by atoms with van der Waals surface area (Å²) in [7, 11) is 0. The van der Waals surface area contributed by atoms with E-state index in [1.807, 2.05) is 11.8 Å². The summed E-state index contributed by atoms with van der Waals surface area (Å²) >= 11 is 1.86. The first-order valence-electron chi connectivity index (χ1n) is 6.81. The molecule has 1 fully saturated rings. The van der Waals surface area contributed by atoms with E-state index < -0.39 is 30.7 Å². The Bertz CT molecular complexity index is 316. The Hall–Kier alpha value is -0.560. The molecule has 0 radical (unpaired) electrons. The molecular weight excluding hydrogens is 286 g/mol. The number of rotatable bonds is 6. The van der Waals surface area contributed by atoms with Crippen LogP contribution >= 0.6 is 11.8 Å². The van der Waals surface area contributed by atoms with E-state index in [1.54, 1.807) is 20.8 Å². The quantitative estimate of drug-likeness (QED) is 0.791. The van der Waals surface area contributed by atoms with E-state index in [9.17, 15) is 13.6 Å². The van der Waals surface area contributed by atoms with Gasteiger partial charge in [-0.25, -0.2) is 13.6 Å². The Morgan fingerprint density at radius 2 is 2.05 bits per heavy atom. The van der Waals surface area contributed by atoms with Gasteiger partial charge in [0.25, 0.3) is 5.92 Å². The second-order valence-corrected chi connectivity index (χ2v) is 7.22. The van der Waals surface area contributed by atoms with Crippen molar-refractivity contribution < 1.29 is 18.3 Å². The minimum Gasteiger partial charge on any atom is -0.444 e. The van der Waals surface area contributed by atoms with Crippen LogP contribution in [-0.4, -0.2) is 48.8 Å². The molecule has 1 saturated heterocycles. The van der Waals surface area contributed by atoms with Crippen molar-refractivity contribution in [1.82, 2.24) is 10.6 Å². The summed E-state index contributed by atoms with van der Waals surface area (Å²) in [4.78, 5) is 11.3. The van der Waals surface area contributed by atoms with Gasteiger partial charge >= 0.3 is 6.09 Å². The largest absolute Gasteiger partial charge is 0.444 e. The summed E-state index contributed by atoms with van der Waals surface area (Å²) in [6.07, 6.45) is 0.267. The Morgan fingerprint density at radius 1 is 1.35 bits per heavy atom. The SMILES string of the molecule is CC(C)(C)OC(=O)NCC(F)(F)CNCC1CCSC1. The van der Waals surface area contributed by atoms with Crippen LogP contribution in [0.15, 0.2) is 0 Å². The molecule has 1 rings (SSSR count). The van der Waals surface area contributed by atoms with Crippen molar-refractivity contribution in [2.24, 2.45) is 5.92 Å². The third-order valence-electron chi connectivity index (χ3n) is 2.73. The number of amides is 1. The molecule has 4 nitrogen and oxygen atoms in total. The summed E-state index contributed by atoms with van der Waals surface area (Å²) in [5.74, 6) is -0.338. The fraction of sp³-hybridized carbons (Fsp3) is 0.923. The minimum atomic E-state index is -2.97. The molecule has 2 N–H and O–H groups in total. The summed E-state index contributed by atoms with van der Waals surface area (Å²) in [6, 6.07) is 0. The number of carbonyl (C=O) groups excluding carboxylic acids is 1. The number of hydrogen-bond acceptors (Lipinski definition) is 4. The minimum absolute atomic E-state index is 0.427. The standard InChI is InChI=1S/C13H24F2N2O2S/c1-12(2,3)19-11(18)17-9-13(14,15)8-16-6-10-4-5-20-7-10/h10,16H,4-9H2,1-3H3,(H,17,18). The number of ether oxygens (including phenoxy) is 1. The van der Waals surface area contributed by atoms with Gasteiger partial charge in [-0.15, -0.1) is 0 Å². The first-order valence-corrected chi connectivity index (χ1v) is 7.96. The molecule has 0 saturated carbocycles. The smallest absolute Gasteiger partial charge is 0.407 e. The molecule has 1 amide bonds. The molecule has 1 aliphatic heterocycles. The lowest BCUT2D eigenvalue weighted by molar-refractivity contribution is -0.00390. The van der Waals surface area contributed by atoms with E-state index in [2.05, 4.69) is 10.6 Å². The van der Waals surface area contributed by atoms with Crippen LogP contribution in [0.1, 0.15) is 27.2 Å². The van der Waals surface area contributed by atoms with E-state index >= 15 is 0 Å². The molecule has 0 aromatic carbocycles. The molecular formula is C13H24F2N2O2S. The molecule has 1 heterocycles. The second-order valence-electron chi connectivity index (χ2n) is 6.07. The summed E-state index contributed by atoms with van der Waals surface area (Å²) in [5, 5.41) is 4.89. The van der Waals surface area contributed by atoms with Gasteiger partial charge in [0.2, 0.25) is 0 Å². The lowest BCUT2D eigenvalue weighted by Gasteiger charge is -2.22. The van der Waals surface area contributed by atoms with Gasteiger partial charge in [-0.05, 0) is 51.2 Å². The van der Waals surface area contributed by atoms with Crippen molar-refractivity contribution in [1.29, 1.82) is 0 Å². The fourth-order valence-electron chi connectivity index (χ4n) is 1.78. The van der Waals surface area contributed by atoms with Crippen LogP contribution in [0.3, 0.4) is 0 Å². The summed E-state index contributed by atoms with van der Waals surface area (Å²) < 4.78 is 32.0. The zero-order chi connectivity index (χ0) is 15.2. The van der Waals surface area contributed by atoms with Gasteiger partial charge in [-0.1, -0.05) is 0 Å². The van der Waals surface area contributed by atoms with Crippen LogP contribution in [0.25, 0.3) is 0 Å². The monoisotopic (exact) mass is 310 g/mol. The van der Waals surface area contributed by atoms with E-state index in [4.69, 9.17) is 4.74 Å². The van der Waals surface area contributed by atoms with Crippen molar-refractivity contribution in [3.8, 4) is 0 Å². The van der Waals surface area contributed by atoms with Gasteiger partial charge in [0.05, 0.1) is 13.1 Å². The van der Waals surface area contributed by atoms with Crippen LogP contribution in [0.4, 0.5) is 13.6 Å². The predicted molar refractivity (Wildman–Crippen MR) is 77.5 cm³/mol. The first kappa shape index (κ1) is 17.5. The molecule has 0 bridgehead atoms. The molecule has 1 unspecified atom stereocenters. The zero-order valence-electron chi connectivity index (χ0n) is 12.3. The summed E-state index contributed by atoms with van der Waals surface area (Å²) in [6.45, 7) is 4.52. The van der Waals surface area contributed by atoms with E-state index in [0.717, 1.165) is 17.9 Å². The Kier molecular flexibility index (Phi) is 6.51. The van der Waals surface area contributed by atoms with Gasteiger partial charge in [-0.3, -0.25) is 0 Å². The number of nitrogens with one attached hydrogen (secondary N) is 2. The molecule has 0 aromatic heterocycles. The number of carbonyl (C=O) groups is 1. The van der Waals surface area contributed by atoms with Crippen molar-refractivity contribution >= 4 is 17.9 Å². The molecule has 20 heavy (non-hydrogen) atoms. The van der Waals surface area contributed by atoms with Gasteiger partial charge in [0, 0.05) is 0 Å². The lowest BCUT2D eigenvalue weighted by atomic mass is 10.1. The number of thioether (sulfide) groups is 1. The van der Waals surface area contributed by atoms with Crippen LogP contribution in [0.2, 0.25) is 0 Å². The van der Waals surface area contributed by atoms with Crippen LogP contribution < -0.4 is 10.6 Å². The number of alkyl carbamates (subject to hydrolysis) is 1. The topological polar surface area (TPSA) is 50.4 Å². The second kappa shape index (κ2) is 7.45. The Labute approximate surface area is 123 Å². The fourth-order valence-corrected chi connectivity index (χ4v) is 3.07. The maximum Gasteiger partial charge on any atom is 0.407 e. The molecule has 1 aliphatic rings. The molecule has 7 heteroatoms. The third kappa shape index (κ3) is 7.89. The molecule has 0 spiro atoms. The highest BCUT2D eigenvalue weighted by molar-refractivity contribution is 7.99. The van der Waals surface area contributed by atoms with Gasteiger partial charge < -0.3 is 15.4 Å². The highest BCUT2D eigenvalue weighted by Gasteiger charge is 2.30. The lowest BCUT2D eigenvalue weighted by Crippen LogP contribution is -2.45. The highest BCUT2D eigenvalue weighted by Crippen LogP contribution is 2.22. The maximum atomic E-state index is 13.6. The van der Waals surface area contributed by atoms with Crippen molar-refractivity contribution in [2.75, 3.05) is 31.1 Å². The summed E-state index contributed by atoms with van der Waals surface area (Å²) in [5.41, 5.74) is -0.683. The number of alkyl halides is 2. The van der Waals surface area contributed by atoms with E-state index in [0.29, 0.717) is 12.5 Å². The zero-order valence-corrected chi connectivity index (χ0v) is 13.1. The van der Waals surface area contributed by atoms with E-state index in [-0.39, 0.29) is 0 Å². The Morgan fingerprint density at radius 3 is 2.60 bits per heavy atom. The Balaban J connectivity index is 2.17. The molecule has 118 valence electrons. The number of hydrogen-bond donors (Lipinski definition) is 2. The third-order valence-corrected chi connectivity index (χ3v) is 3.96. The van der Waals surface area contributed by atoms with E-state index in [1.165, 1.54) is 0 Å². The molecule has 1 atom stereocenters. The van der Waals surface area contributed by atoms with Crippen LogP contribution in [0.5, 0.6) is 0 Å². The molecule has 0 aromatic rings. The van der Waals surface area contributed by atoms with Gasteiger partial charge in [-0.2, -0.15) is 11.8 Å². The number of halogens is 2. The highest BCUT2D eigenvalue weighted by atomic mass is 32.2. The predicted octanol–water partition coefficient (Wildman–Crippen LogP) is 2.49. The first-order chi connectivity index (χ1) is 9.18. The van der Waals surface area contributed by atoms with Crippen LogP contribution in [-0.2, 0) is 4.74 Å². The van der Waals surface area contributed by atoms with Crippen molar-refractivity contribution in [3.63, 3.8) is 0 Å². The van der Waals surface area contributed by atoms with Crippen molar-refractivity contribution in [3.05, 3.63) is 0 Å². The van der Waals surface area contributed by atoms with Gasteiger partial charge in [0.1, 0.15) is 5.60 Å². The normalized spacial score (nSPS) is 19.9. The average molecular weight is 310 g/mol. The average Bonchev–Trinajstić information content (AvgIpc) is 2.77. The van der Waals surface area contributed by atoms with Gasteiger partial charge in [0.15, 0.2) is 0 Å². The maximum absolute atomic E-state index is 13.6. The molecule has 0 aliphatic carbocycles.